The van der Waals surface area contributed by atoms with E-state index in [-0.39, 0.29) is 33.8 Å². The molecular formula is C112H131N28O2+9. The summed E-state index contributed by atoms with van der Waals surface area (Å²) in [6.45, 7) is 10.4. The molecule has 0 atom stereocenters. The number of nitrogens with zero attached hydrogens (tertiary/aromatic N) is 26. The molecule has 0 saturated carbocycles. The minimum atomic E-state index is 0. The molecule has 0 aliphatic heterocycles. The van der Waals surface area contributed by atoms with E-state index >= 15 is 0 Å². The number of hydrogen-bond donors (Lipinski definition) is 4. The molecule has 0 aliphatic carbocycles. The van der Waals surface area contributed by atoms with Crippen LogP contribution in [0.5, 0.6) is 11.5 Å². The number of phenolic OH excluding ortho intramolecular Hbond substituents is 2. The quantitative estimate of drug-likeness (QED) is 0.0213. The van der Waals surface area contributed by atoms with Gasteiger partial charge in [-0.25, -0.2) is 54.8 Å². The maximum Gasteiger partial charge on any atom is 0.350 e. The van der Waals surface area contributed by atoms with Crippen molar-refractivity contribution in [3.8, 4) is 11.5 Å². The molecule has 9 aromatic heterocycles. The molecule has 0 spiro atoms. The number of nitrogens with one attached hydrogen (secondary N) is 2. The maximum absolute atomic E-state index is 9.44. The topological polar surface area (TPSA) is 269 Å². The van der Waals surface area contributed by atoms with Crippen molar-refractivity contribution in [1.82, 2.24) is 13.7 Å². The molecule has 17 rings (SSSR count). The molecule has 0 unspecified atom stereocenters. The fourth-order valence-electron chi connectivity index (χ4n) is 15.1. The highest BCUT2D eigenvalue weighted by Crippen LogP contribution is 2.28. The molecule has 0 bridgehead atoms. The number of aromatic nitrogens is 12. The van der Waals surface area contributed by atoms with Gasteiger partial charge in [0.1, 0.15) is 82.8 Å². The number of benzene rings is 8. The van der Waals surface area contributed by atoms with Gasteiger partial charge < -0.3 is 30.6 Å². The van der Waals surface area contributed by atoms with Gasteiger partial charge in [-0.15, -0.1) is 0 Å². The van der Waals surface area contributed by atoms with Gasteiger partial charge in [0.25, 0.3) is 0 Å². The van der Waals surface area contributed by atoms with Gasteiger partial charge in [-0.05, 0) is 237 Å². The molecule has 142 heavy (non-hydrogen) atoms. The van der Waals surface area contributed by atoms with Crippen LogP contribution in [0.4, 0.5) is 103 Å². The molecule has 9 heterocycles. The predicted octanol–water partition coefficient (Wildman–Crippen LogP) is 24.0. The summed E-state index contributed by atoms with van der Waals surface area (Å²) in [5.41, 5.74) is 11.1. The lowest BCUT2D eigenvalue weighted by Crippen LogP contribution is -2.38. The van der Waals surface area contributed by atoms with E-state index in [0.29, 0.717) is 11.4 Å². The van der Waals surface area contributed by atoms with Crippen molar-refractivity contribution in [3.05, 3.63) is 409 Å². The Morgan fingerprint density at radius 3 is 0.676 bits per heavy atom. The molecule has 722 valence electrons. The molecule has 0 radical (unpaired) electrons. The third-order valence-electron chi connectivity index (χ3n) is 22.5. The summed E-state index contributed by atoms with van der Waals surface area (Å²) in [7, 11) is 8.11. The van der Waals surface area contributed by atoms with Gasteiger partial charge in [0.2, 0.25) is 19.0 Å². The molecule has 0 saturated heterocycles. The number of rotatable bonds is 42. The lowest BCUT2D eigenvalue weighted by atomic mass is 10.2. The van der Waals surface area contributed by atoms with Crippen LogP contribution in [0.2, 0.25) is 0 Å². The van der Waals surface area contributed by atoms with Gasteiger partial charge >= 0.3 is 34.9 Å². The average Bonchev–Trinajstić information content (AvgIpc) is 1.41. The number of phenols is 2. The number of imidazole rings is 3. The van der Waals surface area contributed by atoms with Crippen LogP contribution in [0.1, 0.15) is 60.8 Å². The minimum Gasteiger partial charge on any atom is -0.508 e. The first kappa shape index (κ1) is 104. The largest absolute Gasteiger partial charge is 0.508 e. The lowest BCUT2D eigenvalue weighted by molar-refractivity contribution is -0.721. The van der Waals surface area contributed by atoms with Crippen LogP contribution >= 0.6 is 0 Å². The van der Waals surface area contributed by atoms with Crippen LogP contribution in [0, 0.1) is 0 Å². The Kier molecular flexibility index (Phi) is 40.3. The van der Waals surface area contributed by atoms with Gasteiger partial charge in [0.05, 0.1) is 146 Å². The fraction of sp³-hybridized carbons (Fsp3) is 0.223. The highest BCUT2D eigenvalue weighted by atomic mass is 16.3. The molecule has 17 aromatic rings. The van der Waals surface area contributed by atoms with Crippen molar-refractivity contribution in [2.45, 2.75) is 139 Å². The molecule has 30 nitrogen and oxygen atoms in total. The van der Waals surface area contributed by atoms with Crippen LogP contribution in [-0.4, -0.2) is 52.1 Å². The summed E-state index contributed by atoms with van der Waals surface area (Å²) < 4.78 is 26.2. The number of anilines is 6. The Morgan fingerprint density at radius 2 is 0.437 bits per heavy atom. The Balaban J connectivity index is 0.000000190. The monoisotopic (exact) mass is 1900 g/mol. The average molecular weight is 1900 g/mol. The van der Waals surface area contributed by atoms with Crippen molar-refractivity contribution < 1.29 is 51.3 Å². The summed E-state index contributed by atoms with van der Waals surface area (Å²) in [4.78, 5) is 4.14. The first-order valence-corrected chi connectivity index (χ1v) is 46.8. The highest BCUT2D eigenvalue weighted by Gasteiger charge is 2.20. The van der Waals surface area contributed by atoms with E-state index in [2.05, 4.69) is 218 Å². The van der Waals surface area contributed by atoms with E-state index < -0.39 is 0 Å². The lowest BCUT2D eigenvalue weighted by Gasteiger charge is -2.11. The third kappa shape index (κ3) is 33.3. The van der Waals surface area contributed by atoms with Crippen molar-refractivity contribution in [2.24, 2.45) is 61.4 Å². The first-order chi connectivity index (χ1) is 68.3. The molecule has 0 amide bonds. The maximum atomic E-state index is 9.44. The number of para-hydroxylation sites is 2. The van der Waals surface area contributed by atoms with Crippen LogP contribution in [0.15, 0.2) is 470 Å². The van der Waals surface area contributed by atoms with Gasteiger partial charge in [-0.1, -0.05) is 95.1 Å². The SMILES string of the molecule is C.C.C.CN(C)c1ccc(N=Nc2cccc[n+]2CCCn2cc[n+](CCC[n+]3ccccc3N=Nc3ccc(N(C)C)cc3)c2)cc1.Oc1ccc(N=Nc2cccc[n+]2CCCn2cc[n+](CCC[n+]3ccccc3N=Nc3ccc(O)cc3)c2)cc1.c1ccc(Nc2ccc(N=Nc3cccc[n+]3CCCn3cc[n+](CCC[n+]4ccccc4N=Nc4ccc(Nc5ccccc5)cc4)c3)cc2)cc1. The van der Waals surface area contributed by atoms with Gasteiger partial charge in [-0.3, -0.25) is 0 Å². The third-order valence-corrected chi connectivity index (χ3v) is 22.5. The van der Waals surface area contributed by atoms with E-state index in [1.165, 1.54) is 0 Å². The van der Waals surface area contributed by atoms with E-state index in [4.69, 9.17) is 0 Å². The first-order valence-electron chi connectivity index (χ1n) is 46.8. The highest BCUT2D eigenvalue weighted by molar-refractivity contribution is 5.63. The second kappa shape index (κ2) is 55.2. The van der Waals surface area contributed by atoms with E-state index in [1.807, 2.05) is 308 Å². The molecule has 0 aliphatic rings. The van der Waals surface area contributed by atoms with Crippen LogP contribution in [0.3, 0.4) is 0 Å². The molecular weight excluding hydrogens is 1770 g/mol. The number of pyridine rings is 6. The van der Waals surface area contributed by atoms with Crippen molar-refractivity contribution in [3.63, 3.8) is 0 Å². The standard InChI is InChI=1S/C43H41N10.C35H43N10.C31H31N8O2.3CH4/c1-3-13-36(14-4-1)44-38-19-23-40(24-20-38)46-48-42-17-7-9-29-52(42)31-11-27-50-33-34-51(35-50)28-12-32-53-30-10-8-18-43(53)49-47-41-25-21-39(22-26-41)45-37-15-5-2-6-16-37;1-40(2)32-17-13-30(14-18-32)36-38-34-11-5-7-23-44(34)25-9-21-42-27-28-43(29-42)22-10-26-45-24-8-6-12-35(45)39-37-31-15-19-33(20-16-31)41(3)4;40-28-13-9-26(10-14-28)32-34-30-7-1-3-19-38(30)21-5-17-36-23-24-37(25-36)18-6-22-39-20-4-2-8-31(39)35-33-27-11-15-29(41)16-12-27;;;/h1-10,13-26,29-30,33-35H,11-12,27-28,31-32H2;5-8,11-20,23-24,27-29H,9-10,21-22,25-26H2,1-4H3;1-4,7-16,19-20,23-25H,5-6,17-18,21-22H2;3*1H4/q+1;+3;+1;;;/p+4. The normalized spacial score (nSPS) is 11.2. The fourth-order valence-corrected chi connectivity index (χ4v) is 15.1. The van der Waals surface area contributed by atoms with Crippen LogP contribution in [0.25, 0.3) is 0 Å². The predicted molar refractivity (Wildman–Crippen MR) is 557 cm³/mol. The number of hydrogen-bond acceptors (Lipinski definition) is 18. The smallest absolute Gasteiger partial charge is 0.350 e. The van der Waals surface area contributed by atoms with Gasteiger partial charge in [0.15, 0.2) is 0 Å². The second-order valence-corrected chi connectivity index (χ2v) is 33.4. The number of azo groups is 6. The van der Waals surface area contributed by atoms with Crippen LogP contribution in [-0.2, 0) is 78.5 Å². The summed E-state index contributed by atoms with van der Waals surface area (Å²) in [5.74, 6) is 5.32. The summed E-state index contributed by atoms with van der Waals surface area (Å²) >= 11 is 0. The summed E-state index contributed by atoms with van der Waals surface area (Å²) in [5, 5.41) is 79.2. The molecule has 8 aromatic carbocycles. The Labute approximate surface area is 833 Å². The van der Waals surface area contributed by atoms with Crippen molar-refractivity contribution in [1.29, 1.82) is 0 Å². The zero-order valence-corrected chi connectivity index (χ0v) is 78.9. The molecule has 0 fully saturated rings. The Hall–Kier alpha value is -17.3. The van der Waals surface area contributed by atoms with Gasteiger partial charge in [-0.2, -0.15) is 0 Å². The van der Waals surface area contributed by atoms with Crippen LogP contribution < -0.4 is 61.5 Å². The molecule has 4 N–H and O–H groups in total. The van der Waals surface area contributed by atoms with E-state index in [9.17, 15) is 10.2 Å². The minimum absolute atomic E-state index is 0. The van der Waals surface area contributed by atoms with Crippen molar-refractivity contribution >= 4 is 103 Å². The molecule has 30 heteroatoms. The second-order valence-electron chi connectivity index (χ2n) is 33.4. The van der Waals surface area contributed by atoms with Gasteiger partial charge in [0, 0.05) is 137 Å². The zero-order valence-electron chi connectivity index (χ0n) is 78.9. The zero-order chi connectivity index (χ0) is 95.6. The summed E-state index contributed by atoms with van der Waals surface area (Å²) in [6, 6.07) is 102. The Morgan fingerprint density at radius 1 is 0.225 bits per heavy atom. The van der Waals surface area contributed by atoms with E-state index in [1.54, 1.807) is 48.5 Å². The number of aromatic hydroxyl groups is 2. The summed E-state index contributed by atoms with van der Waals surface area (Å²) in [6.07, 6.45) is 37.3. The van der Waals surface area contributed by atoms with E-state index in [0.717, 1.165) is 209 Å². The Bertz CT molecular complexity index is 6440. The van der Waals surface area contributed by atoms with Crippen molar-refractivity contribution in [2.75, 3.05) is 48.6 Å². The number of aryl methyl sites for hydroxylation is 12.